The Morgan fingerprint density at radius 1 is 0.325 bits per heavy atom. The van der Waals surface area contributed by atoms with Crippen LogP contribution in [0.4, 0.5) is 21.0 Å². The molecule has 0 aliphatic heterocycles. The van der Waals surface area contributed by atoms with Crippen LogP contribution in [0.3, 0.4) is 0 Å². The van der Waals surface area contributed by atoms with Gasteiger partial charge >= 0.3 is 12.1 Å². The molecule has 0 unspecified atom stereocenters. The molecule has 0 atom stereocenters. The fraction of sp³-hybridized carbons (Fsp3) is 0.667. The van der Waals surface area contributed by atoms with Gasteiger partial charge in [-0.3, -0.25) is 0 Å². The first-order valence-corrected chi connectivity index (χ1v) is 33.5. The van der Waals surface area contributed by atoms with E-state index in [-0.39, 0.29) is 12.1 Å². The summed E-state index contributed by atoms with van der Waals surface area (Å²) in [6.45, 7) is 11.8. The fourth-order valence-electron chi connectivity index (χ4n) is 10.4. The highest BCUT2D eigenvalue weighted by Gasteiger charge is 2.12. The van der Waals surface area contributed by atoms with Crippen molar-refractivity contribution in [2.24, 2.45) is 0 Å². The summed E-state index contributed by atoms with van der Waals surface area (Å²) in [5.41, 5.74) is 5.55. The first-order valence-electron chi connectivity index (χ1n) is 33.5. The molecule has 450 valence electrons. The van der Waals surface area contributed by atoms with Crippen molar-refractivity contribution in [1.29, 1.82) is 0 Å². The van der Waals surface area contributed by atoms with E-state index in [1.54, 1.807) is 0 Å². The predicted octanol–water partition coefficient (Wildman–Crippen LogP) is 22.7. The molecule has 0 aliphatic rings. The zero-order valence-corrected chi connectivity index (χ0v) is 51.8. The van der Waals surface area contributed by atoms with Gasteiger partial charge in [-0.15, -0.1) is 0 Å². The molecule has 0 saturated carbocycles. The van der Waals surface area contributed by atoms with Crippen LogP contribution in [0.1, 0.15) is 307 Å². The van der Waals surface area contributed by atoms with Crippen LogP contribution < -0.4 is 30.7 Å². The zero-order valence-electron chi connectivity index (χ0n) is 51.8. The molecule has 3 aromatic rings. The lowest BCUT2D eigenvalue weighted by atomic mass is 10.0. The van der Waals surface area contributed by atoms with Gasteiger partial charge in [0.15, 0.2) is 0 Å². The normalized spacial score (nSPS) is 11.4. The highest BCUT2D eigenvalue weighted by atomic mass is 16.5. The second-order valence-electron chi connectivity index (χ2n) is 23.0. The van der Waals surface area contributed by atoms with E-state index >= 15 is 0 Å². The van der Waals surface area contributed by atoms with Gasteiger partial charge in [-0.25, -0.2) is 9.59 Å². The number of benzene rings is 3. The minimum Gasteiger partial charge on any atom is -0.493 e. The number of unbranched alkanes of at least 4 members (excludes halogenated alkanes) is 36. The lowest BCUT2D eigenvalue weighted by Crippen LogP contribution is -2.29. The zero-order chi connectivity index (χ0) is 57.0. The highest BCUT2D eigenvalue weighted by molar-refractivity contribution is 5.90. The molecule has 80 heavy (non-hydrogen) atoms. The van der Waals surface area contributed by atoms with Crippen LogP contribution >= 0.6 is 0 Å². The summed E-state index contributed by atoms with van der Waals surface area (Å²) < 4.78 is 13.4. The van der Waals surface area contributed by atoms with Crippen LogP contribution in [-0.4, -0.2) is 38.4 Å². The molecular weight excluding hydrogens is 985 g/mol. The number of nitrogens with one attached hydrogen (secondary N) is 4. The molecule has 4 amide bonds. The Bertz CT molecular complexity index is 1850. The molecule has 0 fully saturated rings. The Morgan fingerprint density at radius 2 is 0.575 bits per heavy atom. The van der Waals surface area contributed by atoms with Gasteiger partial charge in [0.25, 0.3) is 0 Å². The summed E-state index contributed by atoms with van der Waals surface area (Å²) in [6, 6.07) is 20.0. The van der Waals surface area contributed by atoms with Crippen LogP contribution in [0.15, 0.2) is 60.7 Å². The van der Waals surface area contributed by atoms with E-state index in [4.69, 9.17) is 9.47 Å². The Morgan fingerprint density at radius 3 is 0.850 bits per heavy atom. The number of urea groups is 2. The molecule has 0 spiro atoms. The SMILES string of the molecule is CCCCCCCCCCCCNC(=O)Nc1ccc(/C=C/c2cc(OCCCCCCCCCCCC)c(/C=C/c3ccc(NC(=O)NCCCCCCCCCCCC)cc3)cc2OCCCCCCCCCCCC)cc1. The molecular formula is C72H118N4O4. The van der Waals surface area contributed by atoms with Crippen LogP contribution in [0.2, 0.25) is 0 Å². The third-order valence-electron chi connectivity index (χ3n) is 15.5. The van der Waals surface area contributed by atoms with Crippen molar-refractivity contribution in [3.05, 3.63) is 82.9 Å². The summed E-state index contributed by atoms with van der Waals surface area (Å²) in [5, 5.41) is 12.1. The lowest BCUT2D eigenvalue weighted by molar-refractivity contribution is 0.251. The van der Waals surface area contributed by atoms with E-state index in [1.807, 2.05) is 48.5 Å². The third kappa shape index (κ3) is 37.3. The molecule has 3 aromatic carbocycles. The number of hydrogen-bond acceptors (Lipinski definition) is 4. The second-order valence-corrected chi connectivity index (χ2v) is 23.0. The number of carbonyl (C=O) groups excluding carboxylic acids is 2. The average Bonchev–Trinajstić information content (AvgIpc) is 3.49. The van der Waals surface area contributed by atoms with Crippen LogP contribution in [0, 0.1) is 0 Å². The van der Waals surface area contributed by atoms with E-state index in [9.17, 15) is 9.59 Å². The molecule has 8 heteroatoms. The maximum absolute atomic E-state index is 12.8. The Hall–Kier alpha value is -4.72. The number of amides is 4. The van der Waals surface area contributed by atoms with Crippen molar-refractivity contribution in [3.8, 4) is 11.5 Å². The number of anilines is 2. The van der Waals surface area contributed by atoms with Crippen molar-refractivity contribution in [1.82, 2.24) is 10.6 Å². The minimum atomic E-state index is -0.156. The quantitative estimate of drug-likeness (QED) is 0.0334. The number of ether oxygens (including phenoxy) is 2. The van der Waals surface area contributed by atoms with Crippen LogP contribution in [0.25, 0.3) is 24.3 Å². The standard InChI is InChI=1S/C72H118N4O4/c1-5-9-13-17-21-25-29-33-37-41-57-73-71(77)75-67-53-47-63(48-54-67)45-51-65-61-70(80-60-44-40-36-32-28-24-20-16-12-8-4)66(62-69(65)79-59-43-39-35-31-27-23-19-15-11-7-3)52-46-64-49-55-68(56-50-64)76-72(78)74-58-42-38-34-30-26-22-18-14-10-6-2/h45-56,61-62H,5-44,57-60H2,1-4H3,(H2,73,75,77)(H2,74,76,78)/b51-45+,52-46+. The van der Waals surface area contributed by atoms with Gasteiger partial charge < -0.3 is 30.7 Å². The van der Waals surface area contributed by atoms with Crippen molar-refractivity contribution < 1.29 is 19.1 Å². The average molecular weight is 1100 g/mol. The smallest absolute Gasteiger partial charge is 0.319 e. The van der Waals surface area contributed by atoms with Gasteiger partial charge in [-0.05, 0) is 73.2 Å². The van der Waals surface area contributed by atoms with Gasteiger partial charge in [-0.1, -0.05) is 307 Å². The molecule has 0 bridgehead atoms. The maximum atomic E-state index is 12.8. The number of hydrogen-bond donors (Lipinski definition) is 4. The van der Waals surface area contributed by atoms with E-state index in [2.05, 4.69) is 85.4 Å². The predicted molar refractivity (Wildman–Crippen MR) is 350 cm³/mol. The van der Waals surface area contributed by atoms with Crippen LogP contribution in [-0.2, 0) is 0 Å². The third-order valence-corrected chi connectivity index (χ3v) is 15.5. The van der Waals surface area contributed by atoms with Crippen molar-refractivity contribution >= 4 is 47.7 Å². The molecule has 0 heterocycles. The number of rotatable bonds is 52. The fourth-order valence-corrected chi connectivity index (χ4v) is 10.4. The minimum absolute atomic E-state index is 0.156. The molecule has 0 radical (unpaired) electrons. The highest BCUT2D eigenvalue weighted by Crippen LogP contribution is 2.33. The van der Waals surface area contributed by atoms with Gasteiger partial charge in [0, 0.05) is 35.6 Å². The summed E-state index contributed by atoms with van der Waals surface area (Å²) in [4.78, 5) is 25.5. The van der Waals surface area contributed by atoms with Crippen LogP contribution in [0.5, 0.6) is 11.5 Å². The lowest BCUT2D eigenvalue weighted by Gasteiger charge is -2.16. The van der Waals surface area contributed by atoms with Crippen molar-refractivity contribution in [3.63, 3.8) is 0 Å². The first-order chi connectivity index (χ1) is 39.4. The van der Waals surface area contributed by atoms with Gasteiger partial charge in [-0.2, -0.15) is 0 Å². The Balaban J connectivity index is 1.69. The Kier molecular flexibility index (Phi) is 43.5. The summed E-state index contributed by atoms with van der Waals surface area (Å²) in [6.07, 6.45) is 59.6. The Labute approximate surface area is 491 Å². The van der Waals surface area contributed by atoms with E-state index in [0.29, 0.717) is 26.3 Å². The molecule has 4 N–H and O–H groups in total. The van der Waals surface area contributed by atoms with Gasteiger partial charge in [0.05, 0.1) is 13.2 Å². The summed E-state index contributed by atoms with van der Waals surface area (Å²) in [7, 11) is 0. The van der Waals surface area contributed by atoms with E-state index in [1.165, 1.54) is 205 Å². The van der Waals surface area contributed by atoms with Gasteiger partial charge in [0.2, 0.25) is 0 Å². The van der Waals surface area contributed by atoms with E-state index < -0.39 is 0 Å². The summed E-state index contributed by atoms with van der Waals surface area (Å²) in [5.74, 6) is 1.67. The number of carbonyl (C=O) groups is 2. The molecule has 3 rings (SSSR count). The van der Waals surface area contributed by atoms with Crippen molar-refractivity contribution in [2.45, 2.75) is 285 Å². The topological polar surface area (TPSA) is 101 Å². The van der Waals surface area contributed by atoms with Crippen molar-refractivity contribution in [2.75, 3.05) is 36.9 Å². The molecule has 8 nitrogen and oxygen atoms in total. The van der Waals surface area contributed by atoms with E-state index in [0.717, 1.165) is 96.5 Å². The maximum Gasteiger partial charge on any atom is 0.319 e. The largest absolute Gasteiger partial charge is 0.493 e. The first kappa shape index (κ1) is 69.5. The monoisotopic (exact) mass is 1100 g/mol. The summed E-state index contributed by atoms with van der Waals surface area (Å²) >= 11 is 0. The van der Waals surface area contributed by atoms with Gasteiger partial charge in [0.1, 0.15) is 11.5 Å². The molecule has 0 aromatic heterocycles. The molecule has 0 saturated heterocycles. The molecule has 0 aliphatic carbocycles. The second kappa shape index (κ2) is 50.0.